The Labute approximate surface area is 196 Å². The van der Waals surface area contributed by atoms with Crippen molar-refractivity contribution in [2.75, 3.05) is 27.7 Å². The molecule has 0 spiro atoms. The van der Waals surface area contributed by atoms with Gasteiger partial charge in [-0.2, -0.15) is 0 Å². The van der Waals surface area contributed by atoms with Crippen LogP contribution in [-0.4, -0.2) is 54.3 Å². The first-order valence-electron chi connectivity index (χ1n) is 12.5. The van der Waals surface area contributed by atoms with Gasteiger partial charge in [-0.3, -0.25) is 0 Å². The van der Waals surface area contributed by atoms with Crippen LogP contribution in [0, 0.1) is 0 Å². The molecule has 0 saturated carbocycles. The van der Waals surface area contributed by atoms with Crippen LogP contribution < -0.4 is 0 Å². The minimum atomic E-state index is -1.23. The van der Waals surface area contributed by atoms with Gasteiger partial charge in [0.2, 0.25) is 0 Å². The van der Waals surface area contributed by atoms with E-state index in [9.17, 15) is 9.59 Å². The predicted octanol–water partition coefficient (Wildman–Crippen LogP) is 7.26. The molecule has 0 heterocycles. The summed E-state index contributed by atoms with van der Waals surface area (Å²) in [6.07, 6.45) is 20.4. The third-order valence-electron chi connectivity index (χ3n) is 5.57. The summed E-state index contributed by atoms with van der Waals surface area (Å²) < 4.78 is 1.12. The lowest BCUT2D eigenvalue weighted by Crippen LogP contribution is -2.35. The summed E-state index contributed by atoms with van der Waals surface area (Å²) in [5.41, 5.74) is -0.380. The van der Waals surface area contributed by atoms with Gasteiger partial charge in [0.05, 0.1) is 38.8 Å². The maximum absolute atomic E-state index is 10.5. The van der Waals surface area contributed by atoms with E-state index in [0.29, 0.717) is 0 Å². The fourth-order valence-corrected chi connectivity index (χ4v) is 3.64. The summed E-state index contributed by atoms with van der Waals surface area (Å²) in [5.74, 6) is -2.46. The van der Waals surface area contributed by atoms with E-state index in [1.54, 1.807) is 0 Å². The quantitative estimate of drug-likeness (QED) is 0.193. The zero-order valence-corrected chi connectivity index (χ0v) is 21.1. The molecule has 2 N–H and O–H groups in total. The van der Waals surface area contributed by atoms with Crippen LogP contribution in [0.5, 0.6) is 0 Å². The molecule has 0 fully saturated rings. The highest BCUT2D eigenvalue weighted by molar-refractivity contribution is 6.01. The zero-order valence-electron chi connectivity index (χ0n) is 21.1. The van der Waals surface area contributed by atoms with Gasteiger partial charge in [0.15, 0.2) is 0 Å². The molecule has 32 heavy (non-hydrogen) atoms. The van der Waals surface area contributed by atoms with E-state index in [1.165, 1.54) is 121 Å². The molecule has 0 aromatic heterocycles. The van der Waals surface area contributed by atoms with Crippen molar-refractivity contribution in [3.8, 4) is 0 Å². The van der Waals surface area contributed by atoms with Crippen molar-refractivity contribution in [1.29, 1.82) is 0 Å². The Bertz CT molecular complexity index is 589. The first kappa shape index (κ1) is 30.1. The minimum absolute atomic E-state index is 0.190. The van der Waals surface area contributed by atoms with E-state index in [-0.39, 0.29) is 11.1 Å². The largest absolute Gasteiger partial charge is 0.478 e. The van der Waals surface area contributed by atoms with Crippen molar-refractivity contribution in [3.05, 3.63) is 35.4 Å². The average molecular weight is 451 g/mol. The number of carboxylic acid groups (broad SMARTS) is 2. The van der Waals surface area contributed by atoms with Crippen LogP contribution in [0.3, 0.4) is 0 Å². The van der Waals surface area contributed by atoms with Crippen molar-refractivity contribution in [1.82, 2.24) is 0 Å². The van der Waals surface area contributed by atoms with Gasteiger partial charge >= 0.3 is 11.9 Å². The van der Waals surface area contributed by atoms with Crippen LogP contribution >= 0.6 is 0 Å². The molecule has 0 radical (unpaired) electrons. The molecule has 1 aromatic rings. The molecule has 5 nitrogen and oxygen atoms in total. The molecule has 1 aromatic carbocycles. The molecule has 0 amide bonds. The van der Waals surface area contributed by atoms with Crippen LogP contribution in [0.15, 0.2) is 24.3 Å². The predicted molar refractivity (Wildman–Crippen MR) is 134 cm³/mol. The number of aromatic carboxylic acids is 2. The first-order chi connectivity index (χ1) is 15.2. The van der Waals surface area contributed by atoms with Crippen LogP contribution in [-0.2, 0) is 0 Å². The molecule has 5 heteroatoms. The third-order valence-corrected chi connectivity index (χ3v) is 5.57. The van der Waals surface area contributed by atoms with Gasteiger partial charge in [-0.05, 0) is 25.0 Å². The Morgan fingerprint density at radius 2 is 0.938 bits per heavy atom. The standard InChI is InChI=1S/C19H42N.C8H6O4/c1-5-6-7-8-9-10-11-12-13-14-15-16-17-18-19-20(2,3)4;9-7(10)5-3-1-2-4-6(5)8(11)12/h5-19H2,1-4H3;1-4H,(H,9,10)(H,11,12)/q+1;. The summed E-state index contributed by atoms with van der Waals surface area (Å²) in [6.45, 7) is 3.63. The summed E-state index contributed by atoms with van der Waals surface area (Å²) in [5, 5.41) is 17.1. The number of rotatable bonds is 17. The Kier molecular flexibility index (Phi) is 17.6. The summed E-state index contributed by atoms with van der Waals surface area (Å²) in [6, 6.07) is 5.48. The minimum Gasteiger partial charge on any atom is -0.478 e. The topological polar surface area (TPSA) is 74.6 Å². The molecule has 0 aliphatic heterocycles. The number of hydrogen-bond donors (Lipinski definition) is 2. The Hall–Kier alpha value is -1.88. The van der Waals surface area contributed by atoms with Crippen molar-refractivity contribution in [2.24, 2.45) is 0 Å². The van der Waals surface area contributed by atoms with E-state index >= 15 is 0 Å². The van der Waals surface area contributed by atoms with Gasteiger partial charge in [0, 0.05) is 0 Å². The van der Waals surface area contributed by atoms with Gasteiger partial charge in [-0.1, -0.05) is 96.1 Å². The van der Waals surface area contributed by atoms with Crippen LogP contribution in [0.1, 0.15) is 118 Å². The number of carboxylic acids is 2. The second-order valence-corrected chi connectivity index (χ2v) is 9.77. The normalized spacial score (nSPS) is 11.0. The van der Waals surface area contributed by atoms with Crippen LogP contribution in [0.2, 0.25) is 0 Å². The molecule has 0 aliphatic rings. The highest BCUT2D eigenvalue weighted by Gasteiger charge is 2.13. The van der Waals surface area contributed by atoms with Gasteiger partial charge in [-0.15, -0.1) is 0 Å². The number of carbonyl (C=O) groups is 2. The molecule has 0 atom stereocenters. The van der Waals surface area contributed by atoms with E-state index < -0.39 is 11.9 Å². The Morgan fingerprint density at radius 1 is 0.625 bits per heavy atom. The Morgan fingerprint density at radius 3 is 1.22 bits per heavy atom. The lowest BCUT2D eigenvalue weighted by Gasteiger charge is -2.23. The van der Waals surface area contributed by atoms with Crippen molar-refractivity contribution in [2.45, 2.75) is 96.8 Å². The second-order valence-electron chi connectivity index (χ2n) is 9.77. The molecule has 0 bridgehead atoms. The summed E-state index contributed by atoms with van der Waals surface area (Å²) in [4.78, 5) is 20.9. The van der Waals surface area contributed by atoms with Gasteiger partial charge in [0.1, 0.15) is 0 Å². The smallest absolute Gasteiger partial charge is 0.336 e. The SMILES string of the molecule is CCCCCCCCCCCCCCCC[N+](C)(C)C.O=C(O)c1ccccc1C(=O)O. The lowest BCUT2D eigenvalue weighted by molar-refractivity contribution is -0.870. The highest BCUT2D eigenvalue weighted by Crippen LogP contribution is 2.13. The second kappa shape index (κ2) is 18.7. The Balaban J connectivity index is 0.000000677. The van der Waals surface area contributed by atoms with Crippen LogP contribution in [0.4, 0.5) is 0 Å². The molecule has 184 valence electrons. The molecular weight excluding hydrogens is 402 g/mol. The maximum atomic E-state index is 10.5. The van der Waals surface area contributed by atoms with Gasteiger partial charge in [-0.25, -0.2) is 9.59 Å². The first-order valence-corrected chi connectivity index (χ1v) is 12.5. The van der Waals surface area contributed by atoms with E-state index in [0.717, 1.165) is 4.48 Å². The number of nitrogens with zero attached hydrogens (tertiary/aromatic N) is 1. The molecular formula is C27H48NO4+. The van der Waals surface area contributed by atoms with Crippen molar-refractivity contribution in [3.63, 3.8) is 0 Å². The summed E-state index contributed by atoms with van der Waals surface area (Å²) in [7, 11) is 6.88. The van der Waals surface area contributed by atoms with E-state index in [1.807, 2.05) is 0 Å². The number of benzene rings is 1. The molecule has 0 unspecified atom stereocenters. The van der Waals surface area contributed by atoms with Gasteiger partial charge < -0.3 is 14.7 Å². The molecule has 0 saturated heterocycles. The molecule has 0 aliphatic carbocycles. The number of hydrogen-bond acceptors (Lipinski definition) is 2. The lowest BCUT2D eigenvalue weighted by atomic mass is 10.0. The third kappa shape index (κ3) is 17.8. The fraction of sp³-hybridized carbons (Fsp3) is 0.704. The van der Waals surface area contributed by atoms with Crippen molar-refractivity contribution < 1.29 is 24.3 Å². The fourth-order valence-electron chi connectivity index (χ4n) is 3.64. The monoisotopic (exact) mass is 450 g/mol. The number of quaternary nitrogens is 1. The highest BCUT2D eigenvalue weighted by atomic mass is 16.4. The number of unbranched alkanes of at least 4 members (excludes halogenated alkanes) is 13. The molecule has 1 rings (SSSR count). The van der Waals surface area contributed by atoms with E-state index in [2.05, 4.69) is 28.1 Å². The zero-order chi connectivity index (χ0) is 24.2. The average Bonchev–Trinajstić information content (AvgIpc) is 2.73. The van der Waals surface area contributed by atoms with Crippen molar-refractivity contribution >= 4 is 11.9 Å². The maximum Gasteiger partial charge on any atom is 0.336 e. The van der Waals surface area contributed by atoms with E-state index in [4.69, 9.17) is 10.2 Å². The van der Waals surface area contributed by atoms with Crippen LogP contribution in [0.25, 0.3) is 0 Å². The van der Waals surface area contributed by atoms with Gasteiger partial charge in [0.25, 0.3) is 0 Å². The summed E-state index contributed by atoms with van der Waals surface area (Å²) >= 11 is 0.